The summed E-state index contributed by atoms with van der Waals surface area (Å²) in [7, 11) is 0. The molecule has 0 unspecified atom stereocenters. The van der Waals surface area contributed by atoms with Crippen LogP contribution in [0.1, 0.15) is 18.4 Å². The number of hydrogen-bond donors (Lipinski definition) is 1. The number of aryl methyl sites for hydroxylation is 2. The van der Waals surface area contributed by atoms with E-state index in [1.807, 2.05) is 25.1 Å². The van der Waals surface area contributed by atoms with Crippen LogP contribution in [0.5, 0.6) is 0 Å². The predicted octanol–water partition coefficient (Wildman–Crippen LogP) is 2.92. The molecule has 0 atom stereocenters. The highest BCUT2D eigenvalue weighted by Crippen LogP contribution is 2.24. The Morgan fingerprint density at radius 1 is 1.15 bits per heavy atom. The number of pyridine rings is 1. The zero-order chi connectivity index (χ0) is 14.1. The maximum absolute atomic E-state index is 9.04. The molecular formula is C16H17N3O. The van der Waals surface area contributed by atoms with E-state index >= 15 is 0 Å². The summed E-state index contributed by atoms with van der Waals surface area (Å²) in [6.45, 7) is 5.04. The molecule has 0 spiro atoms. The first-order valence-corrected chi connectivity index (χ1v) is 6.76. The minimum absolute atomic E-state index is 0.0267. The van der Waals surface area contributed by atoms with Crippen molar-refractivity contribution >= 4 is 11.0 Å². The molecule has 0 radical (unpaired) electrons. The van der Waals surface area contributed by atoms with Crippen LogP contribution < -0.4 is 0 Å². The molecule has 0 aliphatic carbocycles. The van der Waals surface area contributed by atoms with Crippen molar-refractivity contribution in [3.8, 4) is 11.1 Å². The van der Waals surface area contributed by atoms with Crippen molar-refractivity contribution in [1.82, 2.24) is 14.5 Å². The Bertz CT molecular complexity index is 744. The molecule has 2 aromatic heterocycles. The second-order valence-electron chi connectivity index (χ2n) is 4.80. The second-order valence-corrected chi connectivity index (χ2v) is 4.80. The first-order chi connectivity index (χ1) is 9.72. The average Bonchev–Trinajstić information content (AvgIpc) is 2.81. The first-order valence-electron chi connectivity index (χ1n) is 6.76. The van der Waals surface area contributed by atoms with Gasteiger partial charge in [-0.05, 0) is 37.6 Å². The molecule has 0 saturated carbocycles. The van der Waals surface area contributed by atoms with Crippen LogP contribution in [0, 0.1) is 6.92 Å². The Hall–Kier alpha value is -2.20. The van der Waals surface area contributed by atoms with Gasteiger partial charge in [0.25, 0.3) is 0 Å². The molecule has 3 rings (SSSR count). The number of aliphatic hydroxyl groups is 1. The quantitative estimate of drug-likeness (QED) is 0.793. The van der Waals surface area contributed by atoms with Crippen molar-refractivity contribution in [2.75, 3.05) is 0 Å². The number of aliphatic hydroxyl groups excluding tert-OH is 1. The van der Waals surface area contributed by atoms with E-state index in [0.29, 0.717) is 5.69 Å². The van der Waals surface area contributed by atoms with Gasteiger partial charge >= 0.3 is 0 Å². The summed E-state index contributed by atoms with van der Waals surface area (Å²) < 4.78 is 2.20. The van der Waals surface area contributed by atoms with Gasteiger partial charge in [0.05, 0.1) is 23.3 Å². The highest BCUT2D eigenvalue weighted by atomic mass is 16.3. The third-order valence-electron chi connectivity index (χ3n) is 3.58. The van der Waals surface area contributed by atoms with E-state index in [-0.39, 0.29) is 6.61 Å². The van der Waals surface area contributed by atoms with Gasteiger partial charge in [-0.25, -0.2) is 4.98 Å². The molecule has 0 saturated heterocycles. The van der Waals surface area contributed by atoms with E-state index in [1.165, 1.54) is 0 Å². The van der Waals surface area contributed by atoms with Crippen LogP contribution >= 0.6 is 0 Å². The van der Waals surface area contributed by atoms with Gasteiger partial charge in [-0.2, -0.15) is 0 Å². The summed E-state index contributed by atoms with van der Waals surface area (Å²) in [5, 5.41) is 9.04. The van der Waals surface area contributed by atoms with Crippen molar-refractivity contribution in [2.45, 2.75) is 27.0 Å². The molecule has 1 N–H and O–H groups in total. The van der Waals surface area contributed by atoms with Gasteiger partial charge in [0, 0.05) is 18.3 Å². The smallest absolute Gasteiger partial charge is 0.106 e. The van der Waals surface area contributed by atoms with Crippen LogP contribution in [-0.2, 0) is 13.2 Å². The molecule has 4 heteroatoms. The van der Waals surface area contributed by atoms with Crippen LogP contribution in [0.15, 0.2) is 36.5 Å². The van der Waals surface area contributed by atoms with Crippen molar-refractivity contribution in [3.63, 3.8) is 0 Å². The van der Waals surface area contributed by atoms with Gasteiger partial charge in [-0.15, -0.1) is 0 Å². The van der Waals surface area contributed by atoms with Crippen LogP contribution in [0.2, 0.25) is 0 Å². The van der Waals surface area contributed by atoms with Crippen molar-refractivity contribution in [3.05, 3.63) is 48.0 Å². The lowest BCUT2D eigenvalue weighted by atomic mass is 10.1. The Balaban J connectivity index is 2.11. The Morgan fingerprint density at radius 3 is 2.60 bits per heavy atom. The fourth-order valence-electron chi connectivity index (χ4n) is 2.51. The van der Waals surface area contributed by atoms with Gasteiger partial charge < -0.3 is 9.67 Å². The minimum atomic E-state index is -0.0267. The van der Waals surface area contributed by atoms with E-state index in [4.69, 9.17) is 5.11 Å². The molecular weight excluding hydrogens is 250 g/mol. The monoisotopic (exact) mass is 267 g/mol. The summed E-state index contributed by atoms with van der Waals surface area (Å²) in [6.07, 6.45) is 1.80. The van der Waals surface area contributed by atoms with Gasteiger partial charge in [0.1, 0.15) is 5.82 Å². The van der Waals surface area contributed by atoms with Gasteiger partial charge in [0.15, 0.2) is 0 Å². The van der Waals surface area contributed by atoms with Crippen LogP contribution in [-0.4, -0.2) is 19.6 Å². The maximum Gasteiger partial charge on any atom is 0.106 e. The lowest BCUT2D eigenvalue weighted by molar-refractivity contribution is 0.277. The van der Waals surface area contributed by atoms with Gasteiger partial charge in [0.2, 0.25) is 0 Å². The fraction of sp³-hybridized carbons (Fsp3) is 0.250. The van der Waals surface area contributed by atoms with Gasteiger partial charge in [-0.1, -0.05) is 12.1 Å². The van der Waals surface area contributed by atoms with Gasteiger partial charge in [-0.3, -0.25) is 4.98 Å². The van der Waals surface area contributed by atoms with Crippen molar-refractivity contribution in [2.24, 2.45) is 0 Å². The number of imidazole rings is 1. The Kier molecular flexibility index (Phi) is 3.24. The summed E-state index contributed by atoms with van der Waals surface area (Å²) in [5.41, 5.74) is 5.01. The highest BCUT2D eigenvalue weighted by molar-refractivity contribution is 5.82. The minimum Gasteiger partial charge on any atom is -0.390 e. The van der Waals surface area contributed by atoms with Crippen LogP contribution in [0.3, 0.4) is 0 Å². The third kappa shape index (κ3) is 2.08. The number of rotatable bonds is 3. The average molecular weight is 267 g/mol. The number of hydrogen-bond acceptors (Lipinski definition) is 3. The first kappa shape index (κ1) is 12.8. The summed E-state index contributed by atoms with van der Waals surface area (Å²) in [5.74, 6) is 1.04. The molecule has 3 aromatic rings. The molecule has 0 aliphatic rings. The molecule has 4 nitrogen and oxygen atoms in total. The number of nitrogens with zero attached hydrogens (tertiary/aromatic N) is 3. The number of fused-ring (bicyclic) bond motifs is 1. The summed E-state index contributed by atoms with van der Waals surface area (Å²) in [6, 6.07) is 10.1. The zero-order valence-corrected chi connectivity index (χ0v) is 11.7. The maximum atomic E-state index is 9.04. The lowest BCUT2D eigenvalue weighted by Gasteiger charge is -2.05. The molecule has 102 valence electrons. The van der Waals surface area contributed by atoms with Crippen LogP contribution in [0.25, 0.3) is 22.2 Å². The standard InChI is InChI=1S/C16H17N3O/c1-3-19-11(2)18-15-7-5-12(8-16(15)19)13-4-6-14(10-20)17-9-13/h4-9,20H,3,10H2,1-2H3. The number of aromatic nitrogens is 3. The third-order valence-corrected chi connectivity index (χ3v) is 3.58. The lowest BCUT2D eigenvalue weighted by Crippen LogP contribution is -1.96. The summed E-state index contributed by atoms with van der Waals surface area (Å²) >= 11 is 0. The van der Waals surface area contributed by atoms with Crippen LogP contribution in [0.4, 0.5) is 0 Å². The normalized spacial score (nSPS) is 11.2. The van der Waals surface area contributed by atoms with E-state index in [9.17, 15) is 0 Å². The van der Waals surface area contributed by atoms with E-state index in [1.54, 1.807) is 6.20 Å². The second kappa shape index (κ2) is 5.06. The summed E-state index contributed by atoms with van der Waals surface area (Å²) in [4.78, 5) is 8.79. The SMILES string of the molecule is CCn1c(C)nc2ccc(-c3ccc(CO)nc3)cc21. The molecule has 0 amide bonds. The zero-order valence-electron chi connectivity index (χ0n) is 11.7. The molecule has 2 heterocycles. The Morgan fingerprint density at radius 2 is 1.95 bits per heavy atom. The molecule has 0 fully saturated rings. The highest BCUT2D eigenvalue weighted by Gasteiger charge is 2.07. The van der Waals surface area contributed by atoms with E-state index in [0.717, 1.165) is 34.5 Å². The fourth-order valence-corrected chi connectivity index (χ4v) is 2.51. The largest absolute Gasteiger partial charge is 0.390 e. The molecule has 0 aliphatic heterocycles. The van der Waals surface area contributed by atoms with E-state index in [2.05, 4.69) is 33.6 Å². The molecule has 0 bridgehead atoms. The van der Waals surface area contributed by atoms with Crippen molar-refractivity contribution < 1.29 is 5.11 Å². The molecule has 1 aromatic carbocycles. The molecule has 20 heavy (non-hydrogen) atoms. The van der Waals surface area contributed by atoms with E-state index < -0.39 is 0 Å². The topological polar surface area (TPSA) is 50.9 Å². The Labute approximate surface area is 117 Å². The van der Waals surface area contributed by atoms with Crippen molar-refractivity contribution in [1.29, 1.82) is 0 Å². The number of benzene rings is 1. The predicted molar refractivity (Wildman–Crippen MR) is 79.3 cm³/mol.